The minimum atomic E-state index is -1.99. The Labute approximate surface area is 236 Å². The number of halogens is 2. The van der Waals surface area contributed by atoms with E-state index < -0.39 is 18.8 Å². The van der Waals surface area contributed by atoms with Gasteiger partial charge in [0.05, 0.1) is 5.70 Å². The molecule has 216 valence electrons. The average molecular weight is 554 g/mol. The summed E-state index contributed by atoms with van der Waals surface area (Å²) in [7, 11) is -0.503. The van der Waals surface area contributed by atoms with Gasteiger partial charge in [0.15, 0.2) is 5.82 Å². The number of anilines is 2. The van der Waals surface area contributed by atoms with Crippen LogP contribution in [0.2, 0.25) is 0 Å². The van der Waals surface area contributed by atoms with Crippen molar-refractivity contribution in [3.8, 4) is 0 Å². The summed E-state index contributed by atoms with van der Waals surface area (Å²) in [5.74, 6) is -0.170. The first-order chi connectivity index (χ1) is 18.9. The van der Waals surface area contributed by atoms with Crippen LogP contribution >= 0.6 is 0 Å². The van der Waals surface area contributed by atoms with Crippen LogP contribution in [0.15, 0.2) is 63.5 Å². The van der Waals surface area contributed by atoms with Gasteiger partial charge in [0.1, 0.15) is 29.0 Å². The third-order valence-corrected chi connectivity index (χ3v) is 6.04. The molecule has 1 aromatic carbocycles. The molecule has 2 aromatic rings. The van der Waals surface area contributed by atoms with Gasteiger partial charge in [-0.2, -0.15) is 5.10 Å². The van der Waals surface area contributed by atoms with Gasteiger partial charge in [-0.1, -0.05) is 40.3 Å². The minimum Gasteiger partial charge on any atom is -0.423 e. The second-order valence-electron chi connectivity index (χ2n) is 9.70. The molecule has 0 atom stereocenters. The molecule has 1 saturated carbocycles. The molecule has 8 nitrogen and oxygen atoms in total. The Morgan fingerprint density at radius 2 is 1.82 bits per heavy atom. The van der Waals surface area contributed by atoms with Crippen LogP contribution in [-0.4, -0.2) is 46.5 Å². The summed E-state index contributed by atoms with van der Waals surface area (Å²) in [6, 6.07) is 3.60. The first kappa shape index (κ1) is 32.6. The number of benzene rings is 1. The van der Waals surface area contributed by atoms with Crippen molar-refractivity contribution in [2.24, 2.45) is 21.8 Å². The highest BCUT2D eigenvalue weighted by molar-refractivity contribution is 6.58. The van der Waals surface area contributed by atoms with Crippen molar-refractivity contribution in [2.75, 3.05) is 17.3 Å². The lowest BCUT2D eigenvalue weighted by molar-refractivity contribution is 0.425. The molecule has 0 spiro atoms. The van der Waals surface area contributed by atoms with Gasteiger partial charge in [0.2, 0.25) is 0 Å². The fraction of sp³-hybridized carbons (Fsp3) is 0.414. The van der Waals surface area contributed by atoms with Crippen LogP contribution in [0.1, 0.15) is 60.1 Å². The highest BCUT2D eigenvalue weighted by Gasteiger charge is 2.32. The Morgan fingerprint density at radius 1 is 1.23 bits per heavy atom. The van der Waals surface area contributed by atoms with Gasteiger partial charge in [0.25, 0.3) is 0 Å². The lowest BCUT2D eigenvalue weighted by atomic mass is 9.80. The van der Waals surface area contributed by atoms with E-state index in [0.29, 0.717) is 17.2 Å². The molecule has 0 unspecified atom stereocenters. The number of hydrogen-bond donors (Lipinski definition) is 4. The highest BCUT2D eigenvalue weighted by Crippen LogP contribution is 2.43. The maximum atomic E-state index is 14.9. The first-order valence-corrected chi connectivity index (χ1v) is 13.5. The van der Waals surface area contributed by atoms with E-state index in [0.717, 1.165) is 41.9 Å². The lowest BCUT2D eigenvalue weighted by Gasteiger charge is -2.22. The Hall–Kier alpha value is -3.57. The standard InChI is InChI=1S/C27H35BF2N6O2.C2H6/c1-8-23(31-14-15(2)3)17(5)25(19-9-10-19)27(33-24-11-16(4)34-35-24)32-18(6)36(7)26-21(29)12-20(28(37)38)13-22(26)30;1-2/h8,11-15,19,37-38H,5,9-10H2,1-4,6-7H3,(H2,33,34,35);1-2H3/b23-8-,27-25-,31-14?,32-18+;. The van der Waals surface area contributed by atoms with Gasteiger partial charge in [-0.15, -0.1) is 0 Å². The van der Waals surface area contributed by atoms with Crippen molar-refractivity contribution >= 4 is 36.1 Å². The van der Waals surface area contributed by atoms with Gasteiger partial charge in [-0.05, 0) is 68.6 Å². The molecular weight excluding hydrogens is 513 g/mol. The summed E-state index contributed by atoms with van der Waals surface area (Å²) in [6.45, 7) is 17.8. The molecule has 4 N–H and O–H groups in total. The van der Waals surface area contributed by atoms with Crippen molar-refractivity contribution in [1.29, 1.82) is 0 Å². The maximum Gasteiger partial charge on any atom is 0.488 e. The van der Waals surface area contributed by atoms with Crippen molar-refractivity contribution < 1.29 is 18.8 Å². The summed E-state index contributed by atoms with van der Waals surface area (Å²) in [5.41, 5.74) is 2.48. The number of aryl methyl sites for hydroxylation is 1. The van der Waals surface area contributed by atoms with Crippen molar-refractivity contribution in [2.45, 2.75) is 61.3 Å². The third-order valence-electron chi connectivity index (χ3n) is 6.04. The molecule has 3 rings (SSSR count). The maximum absolute atomic E-state index is 14.9. The zero-order chi connectivity index (χ0) is 30.1. The number of H-pyrrole nitrogens is 1. The number of hydrogen-bond acceptors (Lipinski definition) is 6. The van der Waals surface area contributed by atoms with Crippen LogP contribution in [0, 0.1) is 30.4 Å². The number of nitrogens with one attached hydrogen (secondary N) is 2. The van der Waals surface area contributed by atoms with E-state index in [9.17, 15) is 18.8 Å². The summed E-state index contributed by atoms with van der Waals surface area (Å²) in [4.78, 5) is 10.7. The molecule has 1 aliphatic carbocycles. The Balaban J connectivity index is 0.00000274. The number of amidine groups is 1. The quantitative estimate of drug-likeness (QED) is 0.135. The Morgan fingerprint density at radius 3 is 2.27 bits per heavy atom. The topological polar surface area (TPSA) is 109 Å². The second-order valence-corrected chi connectivity index (χ2v) is 9.70. The van der Waals surface area contributed by atoms with Gasteiger partial charge < -0.3 is 20.3 Å². The molecule has 1 heterocycles. The monoisotopic (exact) mass is 554 g/mol. The van der Waals surface area contributed by atoms with Gasteiger partial charge in [0, 0.05) is 30.6 Å². The Kier molecular flexibility index (Phi) is 12.0. The van der Waals surface area contributed by atoms with Gasteiger partial charge >= 0.3 is 7.12 Å². The average Bonchev–Trinajstić information content (AvgIpc) is 3.64. The fourth-order valence-electron chi connectivity index (χ4n) is 3.86. The first-order valence-electron chi connectivity index (χ1n) is 13.5. The van der Waals surface area contributed by atoms with Crippen LogP contribution in [0.3, 0.4) is 0 Å². The Bertz CT molecular complexity index is 1290. The van der Waals surface area contributed by atoms with E-state index >= 15 is 0 Å². The number of aromatic nitrogens is 2. The fourth-order valence-corrected chi connectivity index (χ4v) is 3.86. The normalized spacial score (nSPS) is 14.6. The largest absolute Gasteiger partial charge is 0.488 e. The molecule has 1 fully saturated rings. The summed E-state index contributed by atoms with van der Waals surface area (Å²) in [5, 5.41) is 29.1. The van der Waals surface area contributed by atoms with E-state index in [1.807, 2.05) is 59.9 Å². The van der Waals surface area contributed by atoms with E-state index in [1.165, 1.54) is 11.9 Å². The molecule has 1 aromatic heterocycles. The number of aliphatic imine (C=N–C) groups is 2. The molecule has 11 heteroatoms. The molecular formula is C29H41BF2N6O2. The molecule has 1 aliphatic rings. The number of nitrogens with zero attached hydrogens (tertiary/aromatic N) is 4. The summed E-state index contributed by atoms with van der Waals surface area (Å²) in [6.07, 6.45) is 5.64. The molecule has 0 amide bonds. The zero-order valence-corrected chi connectivity index (χ0v) is 24.7. The lowest BCUT2D eigenvalue weighted by Crippen LogP contribution is -2.33. The third kappa shape index (κ3) is 8.47. The van der Waals surface area contributed by atoms with E-state index in [2.05, 4.69) is 27.1 Å². The highest BCUT2D eigenvalue weighted by atomic mass is 19.1. The number of aromatic amines is 1. The van der Waals surface area contributed by atoms with Crippen LogP contribution < -0.4 is 15.7 Å². The van der Waals surface area contributed by atoms with Crippen LogP contribution in [0.25, 0.3) is 0 Å². The summed E-state index contributed by atoms with van der Waals surface area (Å²) < 4.78 is 29.7. The van der Waals surface area contributed by atoms with Crippen LogP contribution in [0.5, 0.6) is 0 Å². The molecule has 0 saturated heterocycles. The molecule has 0 aliphatic heterocycles. The second kappa shape index (κ2) is 14.7. The predicted octanol–water partition coefficient (Wildman–Crippen LogP) is 5.48. The van der Waals surface area contributed by atoms with E-state index in [-0.39, 0.29) is 28.8 Å². The van der Waals surface area contributed by atoms with Gasteiger partial charge in [-0.3, -0.25) is 10.1 Å². The SMILES string of the molecule is C=C(/C(=C/C)N=CC(C)C)/C(=C(\N=C(/C)N(C)c1c(F)cc(B(O)O)cc1F)Nc1cc(C)[nH]n1)C1CC1.CC. The van der Waals surface area contributed by atoms with Crippen molar-refractivity contribution in [1.82, 2.24) is 10.2 Å². The van der Waals surface area contributed by atoms with E-state index in [1.54, 1.807) is 6.92 Å². The smallest absolute Gasteiger partial charge is 0.423 e. The predicted molar refractivity (Wildman–Crippen MR) is 162 cm³/mol. The van der Waals surface area contributed by atoms with Crippen LogP contribution in [-0.2, 0) is 0 Å². The van der Waals surface area contributed by atoms with Crippen molar-refractivity contribution in [3.05, 3.63) is 70.8 Å². The minimum absolute atomic E-state index is 0.190. The molecule has 0 bridgehead atoms. The molecule has 0 radical (unpaired) electrons. The summed E-state index contributed by atoms with van der Waals surface area (Å²) >= 11 is 0. The zero-order valence-electron chi connectivity index (χ0n) is 24.7. The van der Waals surface area contributed by atoms with Crippen LogP contribution in [0.4, 0.5) is 20.3 Å². The number of rotatable bonds is 10. The van der Waals surface area contributed by atoms with Crippen molar-refractivity contribution in [3.63, 3.8) is 0 Å². The number of allylic oxidation sites excluding steroid dienone is 2. The molecule has 40 heavy (non-hydrogen) atoms. The van der Waals surface area contributed by atoms with E-state index in [4.69, 9.17) is 4.99 Å². The van der Waals surface area contributed by atoms with Gasteiger partial charge in [-0.25, -0.2) is 13.8 Å².